The van der Waals surface area contributed by atoms with Crippen molar-refractivity contribution in [1.29, 1.82) is 0 Å². The molecular weight excluding hydrogens is 288 g/mol. The molecule has 19 heavy (non-hydrogen) atoms. The molecule has 1 rings (SSSR count). The molecule has 8 heteroatoms. The first-order valence-corrected chi connectivity index (χ1v) is 8.22. The molecule has 0 saturated carbocycles. The Bertz CT molecular complexity index is 471. The molecule has 0 aliphatic carbocycles. The lowest BCUT2D eigenvalue weighted by Crippen LogP contribution is -2.28. The molecular formula is C11H20N2O4S2. The summed E-state index contributed by atoms with van der Waals surface area (Å²) in [6.45, 7) is 1.80. The van der Waals surface area contributed by atoms with Crippen LogP contribution in [-0.4, -0.2) is 58.8 Å². The number of nitrogens with zero attached hydrogens (tertiary/aromatic N) is 1. The van der Waals surface area contributed by atoms with E-state index in [2.05, 4.69) is 4.72 Å². The van der Waals surface area contributed by atoms with Crippen LogP contribution in [0.1, 0.15) is 5.56 Å². The van der Waals surface area contributed by atoms with Crippen molar-refractivity contribution in [3.05, 3.63) is 17.0 Å². The summed E-state index contributed by atoms with van der Waals surface area (Å²) in [4.78, 5) is 1.99. The van der Waals surface area contributed by atoms with Crippen molar-refractivity contribution < 1.29 is 18.3 Å². The van der Waals surface area contributed by atoms with Gasteiger partial charge in [0.2, 0.25) is 10.0 Å². The largest absolute Gasteiger partial charge is 0.392 e. The second-order valence-electron chi connectivity index (χ2n) is 4.25. The van der Waals surface area contributed by atoms with Crippen LogP contribution in [0.3, 0.4) is 0 Å². The van der Waals surface area contributed by atoms with Gasteiger partial charge in [-0.1, -0.05) is 0 Å². The number of aliphatic hydroxyl groups excluding tert-OH is 1. The molecule has 0 fully saturated rings. The number of rotatable bonds is 9. The average molecular weight is 308 g/mol. The minimum Gasteiger partial charge on any atom is -0.392 e. The monoisotopic (exact) mass is 308 g/mol. The summed E-state index contributed by atoms with van der Waals surface area (Å²) in [5.74, 6) is 0. The highest BCUT2D eigenvalue weighted by Crippen LogP contribution is 2.19. The van der Waals surface area contributed by atoms with Crippen molar-refractivity contribution in [3.8, 4) is 0 Å². The Balaban J connectivity index is 2.31. The second-order valence-corrected chi connectivity index (χ2v) is 7.15. The number of ether oxygens (including phenoxy) is 1. The topological polar surface area (TPSA) is 78.9 Å². The molecule has 0 saturated heterocycles. The number of hydrogen-bond donors (Lipinski definition) is 2. The standard InChI is InChI=1S/C11H20N2O4S2/c1-13(2)4-6-17-5-3-12-19(15,16)11-7-10(8-14)9-18-11/h7,9,12,14H,3-6,8H2,1-2H3. The lowest BCUT2D eigenvalue weighted by Gasteiger charge is -2.10. The third-order valence-electron chi connectivity index (χ3n) is 2.30. The molecule has 0 bridgehead atoms. The minimum atomic E-state index is -3.49. The second kappa shape index (κ2) is 7.93. The summed E-state index contributed by atoms with van der Waals surface area (Å²) in [6, 6.07) is 1.47. The van der Waals surface area contributed by atoms with E-state index >= 15 is 0 Å². The maximum Gasteiger partial charge on any atom is 0.250 e. The van der Waals surface area contributed by atoms with Gasteiger partial charge in [0.1, 0.15) is 4.21 Å². The van der Waals surface area contributed by atoms with Crippen molar-refractivity contribution >= 4 is 21.4 Å². The van der Waals surface area contributed by atoms with Gasteiger partial charge in [-0.3, -0.25) is 0 Å². The highest BCUT2D eigenvalue weighted by molar-refractivity contribution is 7.91. The fraction of sp³-hybridized carbons (Fsp3) is 0.636. The molecule has 0 amide bonds. The SMILES string of the molecule is CN(C)CCOCCNS(=O)(=O)c1cc(CO)cs1. The van der Waals surface area contributed by atoms with Gasteiger partial charge in [-0.25, -0.2) is 13.1 Å². The van der Waals surface area contributed by atoms with Crippen molar-refractivity contribution in [2.45, 2.75) is 10.8 Å². The number of aliphatic hydroxyl groups is 1. The molecule has 1 aromatic heterocycles. The highest BCUT2D eigenvalue weighted by atomic mass is 32.2. The smallest absolute Gasteiger partial charge is 0.250 e. The van der Waals surface area contributed by atoms with E-state index in [1.54, 1.807) is 5.38 Å². The van der Waals surface area contributed by atoms with Gasteiger partial charge in [0.25, 0.3) is 0 Å². The van der Waals surface area contributed by atoms with Crippen LogP contribution in [-0.2, 0) is 21.4 Å². The molecule has 0 aliphatic rings. The zero-order chi connectivity index (χ0) is 14.3. The molecule has 1 aromatic rings. The normalized spacial score (nSPS) is 12.2. The van der Waals surface area contributed by atoms with Crippen molar-refractivity contribution in [3.63, 3.8) is 0 Å². The van der Waals surface area contributed by atoms with Crippen LogP contribution in [0, 0.1) is 0 Å². The van der Waals surface area contributed by atoms with Gasteiger partial charge in [0, 0.05) is 13.1 Å². The Hall–Kier alpha value is -0.510. The minimum absolute atomic E-state index is 0.153. The predicted molar refractivity (Wildman–Crippen MR) is 74.8 cm³/mol. The lowest BCUT2D eigenvalue weighted by atomic mass is 10.4. The van der Waals surface area contributed by atoms with E-state index in [0.717, 1.165) is 17.9 Å². The van der Waals surface area contributed by atoms with E-state index in [0.29, 0.717) is 18.8 Å². The summed E-state index contributed by atoms with van der Waals surface area (Å²) in [6.07, 6.45) is 0. The average Bonchev–Trinajstić information content (AvgIpc) is 2.82. The van der Waals surface area contributed by atoms with Crippen LogP contribution in [0.2, 0.25) is 0 Å². The summed E-state index contributed by atoms with van der Waals surface area (Å²) in [7, 11) is 0.406. The zero-order valence-corrected chi connectivity index (χ0v) is 12.8. The zero-order valence-electron chi connectivity index (χ0n) is 11.1. The Morgan fingerprint density at radius 2 is 2.16 bits per heavy atom. The molecule has 6 nitrogen and oxygen atoms in total. The van der Waals surface area contributed by atoms with Gasteiger partial charge >= 0.3 is 0 Å². The van der Waals surface area contributed by atoms with Gasteiger partial charge in [-0.2, -0.15) is 0 Å². The number of sulfonamides is 1. The van der Waals surface area contributed by atoms with Crippen LogP contribution in [0.5, 0.6) is 0 Å². The van der Waals surface area contributed by atoms with Crippen LogP contribution < -0.4 is 4.72 Å². The van der Waals surface area contributed by atoms with Crippen molar-refractivity contribution in [1.82, 2.24) is 9.62 Å². The lowest BCUT2D eigenvalue weighted by molar-refractivity contribution is 0.122. The number of nitrogens with one attached hydrogen (secondary N) is 1. The first-order chi connectivity index (χ1) is 8.95. The molecule has 110 valence electrons. The number of hydrogen-bond acceptors (Lipinski definition) is 6. The van der Waals surface area contributed by atoms with Crippen LogP contribution in [0.15, 0.2) is 15.7 Å². The Morgan fingerprint density at radius 3 is 2.74 bits per heavy atom. The van der Waals surface area contributed by atoms with Crippen LogP contribution in [0.4, 0.5) is 0 Å². The van der Waals surface area contributed by atoms with E-state index in [-0.39, 0.29) is 17.4 Å². The summed E-state index contributed by atoms with van der Waals surface area (Å²) < 4.78 is 31.7. The summed E-state index contributed by atoms with van der Waals surface area (Å²) in [5.41, 5.74) is 0.604. The highest BCUT2D eigenvalue weighted by Gasteiger charge is 2.15. The van der Waals surface area contributed by atoms with Gasteiger partial charge in [0.05, 0.1) is 19.8 Å². The molecule has 0 aliphatic heterocycles. The quantitative estimate of drug-likeness (QED) is 0.633. The number of likely N-dealkylation sites (N-methyl/N-ethyl adjacent to an activating group) is 1. The van der Waals surface area contributed by atoms with Gasteiger partial charge in [0.15, 0.2) is 0 Å². The van der Waals surface area contributed by atoms with E-state index in [1.807, 2.05) is 19.0 Å². The first kappa shape index (κ1) is 16.5. The first-order valence-electron chi connectivity index (χ1n) is 5.86. The summed E-state index contributed by atoms with van der Waals surface area (Å²) in [5, 5.41) is 10.5. The van der Waals surface area contributed by atoms with E-state index in [9.17, 15) is 8.42 Å². The molecule has 0 aromatic carbocycles. The maximum absolute atomic E-state index is 11.9. The van der Waals surface area contributed by atoms with E-state index in [4.69, 9.17) is 9.84 Å². The number of thiophene rings is 1. The fourth-order valence-corrected chi connectivity index (χ4v) is 3.50. The fourth-order valence-electron chi connectivity index (χ4n) is 1.25. The maximum atomic E-state index is 11.9. The van der Waals surface area contributed by atoms with Crippen LogP contribution >= 0.6 is 11.3 Å². The summed E-state index contributed by atoms with van der Waals surface area (Å²) >= 11 is 1.10. The molecule has 0 spiro atoms. The van der Waals surface area contributed by atoms with Crippen LogP contribution in [0.25, 0.3) is 0 Å². The predicted octanol–water partition coefficient (Wildman–Crippen LogP) is 0.0969. The Labute approximate surface area is 118 Å². The molecule has 0 atom stereocenters. The Kier molecular flexibility index (Phi) is 6.90. The molecule has 1 heterocycles. The molecule has 2 N–H and O–H groups in total. The third kappa shape index (κ3) is 5.98. The van der Waals surface area contributed by atoms with Crippen molar-refractivity contribution in [2.24, 2.45) is 0 Å². The van der Waals surface area contributed by atoms with Gasteiger partial charge < -0.3 is 14.7 Å². The third-order valence-corrected chi connectivity index (χ3v) is 5.25. The van der Waals surface area contributed by atoms with Crippen molar-refractivity contribution in [2.75, 3.05) is 40.4 Å². The Morgan fingerprint density at radius 1 is 1.42 bits per heavy atom. The molecule has 0 radical (unpaired) electrons. The van der Waals surface area contributed by atoms with Gasteiger partial charge in [-0.15, -0.1) is 11.3 Å². The molecule has 0 unspecified atom stereocenters. The van der Waals surface area contributed by atoms with E-state index < -0.39 is 10.0 Å². The van der Waals surface area contributed by atoms with Gasteiger partial charge in [-0.05, 0) is 31.1 Å². The van der Waals surface area contributed by atoms with E-state index in [1.165, 1.54) is 6.07 Å².